The van der Waals surface area contributed by atoms with Crippen molar-refractivity contribution < 1.29 is 19.4 Å². The highest BCUT2D eigenvalue weighted by molar-refractivity contribution is 5.80. The third-order valence-electron chi connectivity index (χ3n) is 4.38. The van der Waals surface area contributed by atoms with Gasteiger partial charge in [-0.25, -0.2) is 9.59 Å². The van der Waals surface area contributed by atoms with Gasteiger partial charge in [-0.3, -0.25) is 4.90 Å². The maximum absolute atomic E-state index is 12.4. The topological polar surface area (TPSA) is 66.8 Å². The average molecular weight is 333 g/mol. The van der Waals surface area contributed by atoms with E-state index in [9.17, 15) is 14.7 Å². The smallest absolute Gasteiger partial charge is 0.411 e. The maximum Gasteiger partial charge on any atom is 0.411 e. The summed E-state index contributed by atoms with van der Waals surface area (Å²) in [4.78, 5) is 25.7. The van der Waals surface area contributed by atoms with E-state index in [0.717, 1.165) is 24.0 Å². The summed E-state index contributed by atoms with van der Waals surface area (Å²) in [6.07, 6.45) is 1.71. The fourth-order valence-electron chi connectivity index (χ4n) is 3.27. The van der Waals surface area contributed by atoms with E-state index in [2.05, 4.69) is 0 Å². The zero-order valence-electron chi connectivity index (χ0n) is 14.9. The zero-order chi connectivity index (χ0) is 17.9. The Morgan fingerprint density at radius 3 is 2.54 bits per heavy atom. The van der Waals surface area contributed by atoms with Crippen LogP contribution >= 0.6 is 0 Å². The number of hydrogen-bond donors (Lipinski definition) is 1. The summed E-state index contributed by atoms with van der Waals surface area (Å²) < 4.78 is 5.40. The number of ether oxygens (including phenoxy) is 1. The number of rotatable bonds is 3. The minimum absolute atomic E-state index is 0.107. The number of hydrogen-bond acceptors (Lipinski definition) is 3. The van der Waals surface area contributed by atoms with Crippen molar-refractivity contribution in [3.05, 3.63) is 35.4 Å². The summed E-state index contributed by atoms with van der Waals surface area (Å²) >= 11 is 0. The van der Waals surface area contributed by atoms with Crippen molar-refractivity contribution in [1.29, 1.82) is 0 Å². The molecule has 2 rings (SSSR count). The number of nitrogens with zero attached hydrogens (tertiary/aromatic N) is 1. The summed E-state index contributed by atoms with van der Waals surface area (Å²) in [7, 11) is 0. The van der Waals surface area contributed by atoms with Gasteiger partial charge in [-0.05, 0) is 64.0 Å². The van der Waals surface area contributed by atoms with Crippen molar-refractivity contribution in [2.75, 3.05) is 6.54 Å². The summed E-state index contributed by atoms with van der Waals surface area (Å²) in [5.74, 6) is -1.07. The molecule has 0 spiro atoms. The van der Waals surface area contributed by atoms with E-state index in [1.165, 1.54) is 4.90 Å². The lowest BCUT2D eigenvalue weighted by Gasteiger charge is -2.39. The van der Waals surface area contributed by atoms with E-state index in [1.807, 2.05) is 31.2 Å². The number of benzene rings is 1. The number of likely N-dealkylation sites (tertiary alicyclic amines) is 1. The first-order valence-corrected chi connectivity index (χ1v) is 8.46. The van der Waals surface area contributed by atoms with Gasteiger partial charge in [0.2, 0.25) is 0 Å². The highest BCUT2D eigenvalue weighted by atomic mass is 16.6. The second-order valence-corrected chi connectivity index (χ2v) is 7.49. The molecule has 1 amide bonds. The van der Waals surface area contributed by atoms with Gasteiger partial charge in [-0.1, -0.05) is 24.3 Å². The van der Waals surface area contributed by atoms with Gasteiger partial charge in [0.1, 0.15) is 11.6 Å². The number of amides is 1. The molecule has 132 valence electrons. The second kappa shape index (κ2) is 7.24. The molecular weight excluding hydrogens is 306 g/mol. The molecule has 0 radical (unpaired) electrons. The van der Waals surface area contributed by atoms with Crippen molar-refractivity contribution >= 4 is 12.1 Å². The fraction of sp³-hybridized carbons (Fsp3) is 0.579. The molecule has 5 heteroatoms. The van der Waals surface area contributed by atoms with Gasteiger partial charge in [0.15, 0.2) is 0 Å². The Hall–Kier alpha value is -2.04. The largest absolute Gasteiger partial charge is 0.480 e. The van der Waals surface area contributed by atoms with Gasteiger partial charge >= 0.3 is 12.1 Å². The maximum atomic E-state index is 12.4. The summed E-state index contributed by atoms with van der Waals surface area (Å²) in [6.45, 7) is 7.82. The van der Waals surface area contributed by atoms with Crippen LogP contribution < -0.4 is 0 Å². The highest BCUT2D eigenvalue weighted by Crippen LogP contribution is 2.29. The summed E-state index contributed by atoms with van der Waals surface area (Å²) in [5, 5.41) is 9.72. The number of aliphatic carboxylic acids is 1. The molecule has 0 bridgehead atoms. The molecule has 1 fully saturated rings. The average Bonchev–Trinajstić information content (AvgIpc) is 2.47. The van der Waals surface area contributed by atoms with Crippen molar-refractivity contribution in [1.82, 2.24) is 4.90 Å². The van der Waals surface area contributed by atoms with Gasteiger partial charge in [-0.2, -0.15) is 0 Å². The number of carboxylic acid groups (broad SMARTS) is 1. The third-order valence-corrected chi connectivity index (χ3v) is 4.38. The molecule has 1 heterocycles. The first kappa shape index (κ1) is 18.3. The van der Waals surface area contributed by atoms with E-state index in [-0.39, 0.29) is 5.92 Å². The first-order valence-electron chi connectivity index (χ1n) is 8.46. The molecule has 1 aromatic carbocycles. The Morgan fingerprint density at radius 1 is 1.29 bits per heavy atom. The minimum atomic E-state index is -0.959. The Morgan fingerprint density at radius 2 is 1.96 bits per heavy atom. The molecule has 1 aromatic rings. The summed E-state index contributed by atoms with van der Waals surface area (Å²) in [5.41, 5.74) is 1.65. The highest BCUT2D eigenvalue weighted by Gasteiger charge is 2.41. The van der Waals surface area contributed by atoms with Gasteiger partial charge in [0, 0.05) is 6.54 Å². The van der Waals surface area contributed by atoms with Crippen molar-refractivity contribution in [2.24, 2.45) is 5.92 Å². The lowest BCUT2D eigenvalue weighted by atomic mass is 9.83. The predicted molar refractivity (Wildman–Crippen MR) is 92.0 cm³/mol. The SMILES string of the molecule is Cc1ccccc1C[C@@H]1CCCN(C(=O)OC(C)(C)C)[C@@H]1C(=O)O. The van der Waals surface area contributed by atoms with Crippen LogP contribution in [0.1, 0.15) is 44.7 Å². The van der Waals surface area contributed by atoms with Crippen LogP contribution in [0, 0.1) is 12.8 Å². The third kappa shape index (κ3) is 4.49. The van der Waals surface area contributed by atoms with Crippen molar-refractivity contribution in [3.8, 4) is 0 Å². The number of carbonyl (C=O) groups is 2. The van der Waals surface area contributed by atoms with Crippen LogP contribution in [-0.4, -0.2) is 40.3 Å². The Balaban J connectivity index is 2.21. The Labute approximate surface area is 143 Å². The molecule has 1 aliphatic heterocycles. The van der Waals surface area contributed by atoms with E-state index in [0.29, 0.717) is 13.0 Å². The molecule has 1 N–H and O–H groups in total. The Bertz CT molecular complexity index is 606. The molecule has 5 nitrogen and oxygen atoms in total. The zero-order valence-corrected chi connectivity index (χ0v) is 14.9. The number of aryl methyl sites for hydroxylation is 1. The van der Waals surface area contributed by atoms with Gasteiger partial charge in [0.25, 0.3) is 0 Å². The first-order chi connectivity index (χ1) is 11.2. The van der Waals surface area contributed by atoms with Gasteiger partial charge in [0.05, 0.1) is 0 Å². The number of carboxylic acids is 1. The van der Waals surface area contributed by atoms with Crippen LogP contribution in [0.5, 0.6) is 0 Å². The summed E-state index contributed by atoms with van der Waals surface area (Å²) in [6, 6.07) is 7.15. The van der Waals surface area contributed by atoms with Crippen LogP contribution in [-0.2, 0) is 16.0 Å². The van der Waals surface area contributed by atoms with Crippen LogP contribution in [0.15, 0.2) is 24.3 Å². The standard InChI is InChI=1S/C19H27NO4/c1-13-8-5-6-9-14(13)12-15-10-7-11-20(16(15)17(21)22)18(23)24-19(2,3)4/h5-6,8-9,15-16H,7,10-12H2,1-4H3,(H,21,22)/t15-,16-/m0/s1. The number of carbonyl (C=O) groups excluding carboxylic acids is 1. The van der Waals surface area contributed by atoms with Crippen molar-refractivity contribution in [2.45, 2.75) is 58.6 Å². The van der Waals surface area contributed by atoms with Crippen LogP contribution in [0.25, 0.3) is 0 Å². The Kier molecular flexibility index (Phi) is 5.52. The van der Waals surface area contributed by atoms with Gasteiger partial charge in [-0.15, -0.1) is 0 Å². The molecule has 1 saturated heterocycles. The quantitative estimate of drug-likeness (QED) is 0.917. The lowest BCUT2D eigenvalue weighted by molar-refractivity contribution is -0.146. The van der Waals surface area contributed by atoms with E-state index >= 15 is 0 Å². The molecule has 2 atom stereocenters. The predicted octanol–water partition coefficient (Wildman–Crippen LogP) is 3.64. The molecule has 0 unspecified atom stereocenters. The molecular formula is C19H27NO4. The molecule has 0 aromatic heterocycles. The molecule has 0 aliphatic carbocycles. The van der Waals surface area contributed by atoms with E-state index < -0.39 is 23.7 Å². The van der Waals surface area contributed by atoms with Crippen LogP contribution in [0.3, 0.4) is 0 Å². The normalized spacial score (nSPS) is 21.4. The minimum Gasteiger partial charge on any atom is -0.480 e. The number of piperidine rings is 1. The van der Waals surface area contributed by atoms with Crippen LogP contribution in [0.4, 0.5) is 4.79 Å². The monoisotopic (exact) mass is 333 g/mol. The molecule has 24 heavy (non-hydrogen) atoms. The van der Waals surface area contributed by atoms with E-state index in [1.54, 1.807) is 20.8 Å². The second-order valence-electron chi connectivity index (χ2n) is 7.49. The van der Waals surface area contributed by atoms with Crippen molar-refractivity contribution in [3.63, 3.8) is 0 Å². The lowest BCUT2D eigenvalue weighted by Crippen LogP contribution is -2.54. The fourth-order valence-corrected chi connectivity index (χ4v) is 3.27. The van der Waals surface area contributed by atoms with E-state index in [4.69, 9.17) is 4.74 Å². The molecule has 0 saturated carbocycles. The van der Waals surface area contributed by atoms with Crippen LogP contribution in [0.2, 0.25) is 0 Å². The van der Waals surface area contributed by atoms with Gasteiger partial charge < -0.3 is 9.84 Å². The molecule has 1 aliphatic rings.